The minimum absolute atomic E-state index is 0.0102. The Morgan fingerprint density at radius 2 is 2.00 bits per heavy atom. The summed E-state index contributed by atoms with van der Waals surface area (Å²) < 4.78 is 0. The summed E-state index contributed by atoms with van der Waals surface area (Å²) in [4.78, 5) is 24.4. The predicted molar refractivity (Wildman–Crippen MR) is 60.9 cm³/mol. The number of piperazine rings is 1. The van der Waals surface area contributed by atoms with Crippen LogP contribution in [0.25, 0.3) is 0 Å². The molecule has 0 bridgehead atoms. The van der Waals surface area contributed by atoms with Crippen LogP contribution in [0.15, 0.2) is 0 Å². The van der Waals surface area contributed by atoms with Gasteiger partial charge in [0.25, 0.3) is 0 Å². The lowest BCUT2D eigenvalue weighted by molar-refractivity contribution is -0.133. The Kier molecular flexibility index (Phi) is 5.49. The van der Waals surface area contributed by atoms with Crippen LogP contribution in [0.4, 0.5) is 0 Å². The molecule has 0 radical (unpaired) electrons. The van der Waals surface area contributed by atoms with Crippen LogP contribution in [0.1, 0.15) is 6.42 Å². The highest BCUT2D eigenvalue weighted by molar-refractivity contribution is 7.80. The summed E-state index contributed by atoms with van der Waals surface area (Å²) >= 11 is 3.94. The number of nitrogens with one attached hydrogen (secondary N) is 2. The first-order valence-corrected chi connectivity index (χ1v) is 5.73. The van der Waals surface area contributed by atoms with Crippen molar-refractivity contribution in [3.63, 3.8) is 0 Å². The van der Waals surface area contributed by atoms with Gasteiger partial charge >= 0.3 is 0 Å². The van der Waals surface area contributed by atoms with Gasteiger partial charge in [-0.15, -0.1) is 0 Å². The second-order valence-corrected chi connectivity index (χ2v) is 3.83. The number of hydrogen-bond donors (Lipinski definition) is 3. The van der Waals surface area contributed by atoms with E-state index >= 15 is 0 Å². The number of rotatable bonds is 4. The number of thiol groups is 1. The molecule has 0 aliphatic carbocycles. The molecule has 1 saturated heterocycles. The number of carbonyl (C=O) groups is 2. The zero-order chi connectivity index (χ0) is 11.1. The van der Waals surface area contributed by atoms with Crippen molar-refractivity contribution in [3.8, 4) is 0 Å². The lowest BCUT2D eigenvalue weighted by Gasteiger charge is -2.27. The van der Waals surface area contributed by atoms with Crippen LogP contribution < -0.4 is 10.6 Å². The quantitative estimate of drug-likeness (QED) is 0.536. The highest BCUT2D eigenvalue weighted by Gasteiger charge is 2.16. The molecule has 5 nitrogen and oxygen atoms in total. The van der Waals surface area contributed by atoms with Crippen molar-refractivity contribution in [1.82, 2.24) is 15.5 Å². The van der Waals surface area contributed by atoms with Gasteiger partial charge in [-0.1, -0.05) is 0 Å². The molecule has 1 rings (SSSR count). The molecule has 1 heterocycles. The third kappa shape index (κ3) is 4.53. The summed E-state index contributed by atoms with van der Waals surface area (Å²) in [6.45, 7) is 3.21. The van der Waals surface area contributed by atoms with E-state index in [4.69, 9.17) is 0 Å². The zero-order valence-electron chi connectivity index (χ0n) is 8.66. The monoisotopic (exact) mass is 231 g/mol. The molecule has 2 amide bonds. The maximum Gasteiger partial charge on any atom is 0.242 e. The van der Waals surface area contributed by atoms with Crippen LogP contribution in [-0.4, -0.2) is 55.2 Å². The Morgan fingerprint density at radius 1 is 1.33 bits per heavy atom. The van der Waals surface area contributed by atoms with Gasteiger partial charge in [-0.05, 0) is 5.75 Å². The van der Waals surface area contributed by atoms with Crippen molar-refractivity contribution in [2.75, 3.05) is 38.5 Å². The fraction of sp³-hybridized carbons (Fsp3) is 0.778. The molecule has 1 aliphatic rings. The van der Waals surface area contributed by atoms with Crippen LogP contribution in [-0.2, 0) is 9.59 Å². The molecule has 2 N–H and O–H groups in total. The molecular formula is C9H17N3O2S. The molecule has 0 aromatic heterocycles. The molecule has 0 unspecified atom stereocenters. The molecule has 0 aromatic rings. The minimum Gasteiger partial charge on any atom is -0.347 e. The molecule has 0 saturated carbocycles. The lowest BCUT2D eigenvalue weighted by atomic mass is 10.3. The van der Waals surface area contributed by atoms with Crippen LogP contribution in [0.5, 0.6) is 0 Å². The van der Waals surface area contributed by atoms with Crippen molar-refractivity contribution in [2.45, 2.75) is 6.42 Å². The van der Waals surface area contributed by atoms with Gasteiger partial charge in [-0.2, -0.15) is 12.6 Å². The highest BCUT2D eigenvalue weighted by atomic mass is 32.1. The lowest BCUT2D eigenvalue weighted by Crippen LogP contribution is -2.49. The molecule has 6 heteroatoms. The third-order valence-electron chi connectivity index (χ3n) is 2.25. The number of carbonyl (C=O) groups excluding carboxylic acids is 2. The van der Waals surface area contributed by atoms with Crippen LogP contribution in [0.2, 0.25) is 0 Å². The summed E-state index contributed by atoms with van der Waals surface area (Å²) in [7, 11) is 0. The Morgan fingerprint density at radius 3 is 2.60 bits per heavy atom. The first-order chi connectivity index (χ1) is 7.24. The van der Waals surface area contributed by atoms with Crippen LogP contribution in [0, 0.1) is 0 Å². The average molecular weight is 231 g/mol. The van der Waals surface area contributed by atoms with Gasteiger partial charge in [0.05, 0.1) is 6.54 Å². The summed E-state index contributed by atoms with van der Waals surface area (Å²) in [5.41, 5.74) is 0. The number of amides is 2. The second kappa shape index (κ2) is 6.68. The van der Waals surface area contributed by atoms with Crippen molar-refractivity contribution in [2.24, 2.45) is 0 Å². The summed E-state index contributed by atoms with van der Waals surface area (Å²) in [5.74, 6) is 0.380. The summed E-state index contributed by atoms with van der Waals surface area (Å²) in [6, 6.07) is 0. The van der Waals surface area contributed by atoms with E-state index in [-0.39, 0.29) is 18.4 Å². The highest BCUT2D eigenvalue weighted by Crippen LogP contribution is 1.92. The van der Waals surface area contributed by atoms with Gasteiger partial charge in [-0.25, -0.2) is 0 Å². The standard InChI is InChI=1S/C9H17N3O2S/c13-8(1-6-15)11-7-9(14)12-4-2-10-3-5-12/h10,15H,1-7H2,(H,11,13). The van der Waals surface area contributed by atoms with Crippen molar-refractivity contribution >= 4 is 24.4 Å². The molecule has 15 heavy (non-hydrogen) atoms. The van der Waals surface area contributed by atoms with E-state index < -0.39 is 0 Å². The third-order valence-corrected chi connectivity index (χ3v) is 2.47. The molecular weight excluding hydrogens is 214 g/mol. The maximum absolute atomic E-state index is 11.6. The maximum atomic E-state index is 11.6. The first kappa shape index (κ1) is 12.3. The largest absolute Gasteiger partial charge is 0.347 e. The minimum atomic E-state index is -0.117. The summed E-state index contributed by atoms with van der Waals surface area (Å²) in [5, 5.41) is 5.74. The Balaban J connectivity index is 2.19. The van der Waals surface area contributed by atoms with E-state index in [2.05, 4.69) is 23.3 Å². The molecule has 86 valence electrons. The van der Waals surface area contributed by atoms with E-state index in [1.165, 1.54) is 0 Å². The van der Waals surface area contributed by atoms with E-state index in [0.717, 1.165) is 26.2 Å². The topological polar surface area (TPSA) is 61.4 Å². The Hall–Kier alpha value is -0.750. The number of hydrogen-bond acceptors (Lipinski definition) is 4. The number of nitrogens with zero attached hydrogens (tertiary/aromatic N) is 1. The molecule has 1 aliphatic heterocycles. The molecule has 0 atom stereocenters. The van der Waals surface area contributed by atoms with Gasteiger partial charge in [-0.3, -0.25) is 9.59 Å². The Labute approximate surface area is 95.0 Å². The first-order valence-electron chi connectivity index (χ1n) is 5.10. The fourth-order valence-electron chi connectivity index (χ4n) is 1.39. The van der Waals surface area contributed by atoms with Gasteiger partial charge in [0.2, 0.25) is 11.8 Å². The van der Waals surface area contributed by atoms with Gasteiger partial charge < -0.3 is 15.5 Å². The average Bonchev–Trinajstić information content (AvgIpc) is 2.27. The van der Waals surface area contributed by atoms with Gasteiger partial charge in [0.1, 0.15) is 0 Å². The van der Waals surface area contributed by atoms with E-state index in [1.54, 1.807) is 4.90 Å². The zero-order valence-corrected chi connectivity index (χ0v) is 9.56. The molecule has 0 spiro atoms. The summed E-state index contributed by atoms with van der Waals surface area (Å²) in [6.07, 6.45) is 0.359. The molecule has 0 aromatic carbocycles. The van der Waals surface area contributed by atoms with E-state index in [9.17, 15) is 9.59 Å². The van der Waals surface area contributed by atoms with Crippen molar-refractivity contribution < 1.29 is 9.59 Å². The van der Waals surface area contributed by atoms with E-state index in [1.807, 2.05) is 0 Å². The van der Waals surface area contributed by atoms with Crippen molar-refractivity contribution in [3.05, 3.63) is 0 Å². The fourth-order valence-corrected chi connectivity index (χ4v) is 1.59. The molecule has 1 fully saturated rings. The normalized spacial score (nSPS) is 16.2. The van der Waals surface area contributed by atoms with Crippen molar-refractivity contribution in [1.29, 1.82) is 0 Å². The van der Waals surface area contributed by atoms with E-state index in [0.29, 0.717) is 12.2 Å². The predicted octanol–water partition coefficient (Wildman–Crippen LogP) is -1.15. The Bertz CT molecular complexity index is 229. The smallest absolute Gasteiger partial charge is 0.242 e. The van der Waals surface area contributed by atoms with Gasteiger partial charge in [0.15, 0.2) is 0 Å². The second-order valence-electron chi connectivity index (χ2n) is 3.38. The van der Waals surface area contributed by atoms with Crippen LogP contribution in [0.3, 0.4) is 0 Å². The van der Waals surface area contributed by atoms with Gasteiger partial charge in [0, 0.05) is 32.6 Å². The SMILES string of the molecule is O=C(CCS)NCC(=O)N1CCNCC1. The van der Waals surface area contributed by atoms with Crippen LogP contribution >= 0.6 is 12.6 Å².